The maximum atomic E-state index is 12.3. The highest BCUT2D eigenvalue weighted by atomic mass is 33.1. The van der Waals surface area contributed by atoms with Crippen LogP contribution in [0.15, 0.2) is 291 Å². The van der Waals surface area contributed by atoms with Gasteiger partial charge >= 0.3 is 0 Å². The van der Waals surface area contributed by atoms with Crippen LogP contribution >= 0.6 is 86.4 Å². The van der Waals surface area contributed by atoms with Crippen molar-refractivity contribution in [2.45, 2.75) is 136 Å². The Hall–Kier alpha value is -9.95. The van der Waals surface area contributed by atoms with Crippen molar-refractivity contribution in [1.29, 1.82) is 5.41 Å². The van der Waals surface area contributed by atoms with Crippen LogP contribution in [0.2, 0.25) is 0 Å². The van der Waals surface area contributed by atoms with E-state index >= 15 is 0 Å². The molecule has 23 heteroatoms. The molecule has 738 valence electrons. The third-order valence-corrected chi connectivity index (χ3v) is 29.6. The topological polar surface area (TPSA) is 185 Å². The van der Waals surface area contributed by atoms with E-state index in [1.807, 2.05) is 64.1 Å². The van der Waals surface area contributed by atoms with Crippen LogP contribution in [0.4, 0.5) is 22.7 Å². The van der Waals surface area contributed by atoms with Crippen LogP contribution < -0.4 is 36.2 Å². The maximum absolute atomic E-state index is 12.3. The number of hydrogen-bond donors (Lipinski definition) is 5. The summed E-state index contributed by atoms with van der Waals surface area (Å²) in [7, 11) is 20.9. The monoisotopic (exact) mass is 2010 g/mol. The molecule has 4 heterocycles. The van der Waals surface area contributed by atoms with E-state index in [-0.39, 0.29) is 72.7 Å². The molecule has 0 unspecified atom stereocenters. The molecule has 138 heavy (non-hydrogen) atoms. The molecule has 5 aliphatic rings. The molecule has 10 aromatic carbocycles. The number of nitrogens with one attached hydrogen (secondary N) is 5. The average Bonchev–Trinajstić information content (AvgIpc) is 1.58. The fraction of sp³-hybridized carbons (Fsp3) is 0.330. The standard InChI is InChI=1S/2C43H46N4O2.C15H13NO2.4C2H6S2.2C2H6.2CH3/c2*1-42(2)36(46(28-26-38(48)44-5)34-24-22-30-16-12-14-18-32(30)40(34)42)20-10-8-7-9-11-21-37-43(3,4)41-33-19-15-13-17-31(33)23-25-35(41)47(37)29-27-39(49)45-6;16-15(17)18-9-14-12-7-3-1-5-10(12)11-6-2-4-8-13(11)14;4*1-3-4-2;2*1-2;;/h2*7-25H,26-29H2,1-6H3,(H-,44,45,48,49);1-8,14H,9H2,(H2,16,17);4*1-2H3;2*1-2H3;2*1H3/q;;;;;;;;;2*-1/p+1. The first-order valence-corrected chi connectivity index (χ1v) is 58.0. The molecule has 10 aromatic rings. The second-order valence-corrected chi connectivity index (χ2v) is 44.0. The zero-order valence-electron chi connectivity index (χ0n) is 86.0. The molecule has 15 rings (SSSR count). The van der Waals surface area contributed by atoms with Crippen LogP contribution in [0.5, 0.6) is 0 Å². The second kappa shape index (κ2) is 59.6. The molecule has 0 saturated heterocycles. The molecule has 0 atom stereocenters. The Bertz CT molecular complexity index is 5670. The molecule has 0 fully saturated rings. The SMILES string of the molecule is CC.CC.CNC(=O)CCN1/C(=C/C=C/C=C/C=C/C2=[N+](CCC(=O)NC)c3ccc4ccccc4c3C2(C)C)C(C)(C)c2c1ccc1ccccc21.CNC(=O)CCN1/C(=C/C=C/C=C/C=C/C2=[N+](CCC(=O)NC)c3ccc4ccccc4c3C2(C)C)C(C)(C)c2c1ccc1ccccc21.CSSC.CSSC.CSSC.CSSC.N=C([O-])OCC1c2ccccc2-c2ccccc21.[CH3-].[CH3-]. The van der Waals surface area contributed by atoms with E-state index in [1.165, 1.54) is 110 Å². The minimum atomic E-state index is -0.975. The summed E-state index contributed by atoms with van der Waals surface area (Å²) in [5.74, 6) is 0.172. The van der Waals surface area contributed by atoms with E-state index in [0.717, 1.165) is 22.7 Å². The molecule has 4 aliphatic heterocycles. The van der Waals surface area contributed by atoms with Crippen LogP contribution in [0.25, 0.3) is 54.2 Å². The Morgan fingerprint density at radius 2 is 0.645 bits per heavy atom. The number of carbonyl (C=O) groups is 4. The Labute approximate surface area is 858 Å². The summed E-state index contributed by atoms with van der Waals surface area (Å²) in [4.78, 5) is 53.7. The van der Waals surface area contributed by atoms with Crippen molar-refractivity contribution in [2.75, 3.05) is 121 Å². The van der Waals surface area contributed by atoms with Gasteiger partial charge in [0.1, 0.15) is 6.08 Å². The van der Waals surface area contributed by atoms with Gasteiger partial charge in [0.25, 0.3) is 0 Å². The number of benzene rings is 10. The minimum absolute atomic E-state index is 0. The van der Waals surface area contributed by atoms with E-state index in [1.54, 1.807) is 115 Å². The van der Waals surface area contributed by atoms with Crippen molar-refractivity contribution >= 4 is 193 Å². The predicted molar refractivity (Wildman–Crippen MR) is 619 cm³/mol. The van der Waals surface area contributed by atoms with Gasteiger partial charge in [-0.1, -0.05) is 360 Å². The highest BCUT2D eigenvalue weighted by Gasteiger charge is 2.48. The van der Waals surface area contributed by atoms with Crippen molar-refractivity contribution in [2.24, 2.45) is 0 Å². The van der Waals surface area contributed by atoms with Gasteiger partial charge in [-0.3, -0.25) is 24.6 Å². The van der Waals surface area contributed by atoms with Crippen LogP contribution in [-0.2, 0) is 45.6 Å². The van der Waals surface area contributed by atoms with Gasteiger partial charge in [-0.2, -0.15) is 9.15 Å². The molecule has 0 aromatic heterocycles. The van der Waals surface area contributed by atoms with Crippen LogP contribution in [0, 0.1) is 20.3 Å². The van der Waals surface area contributed by atoms with Gasteiger partial charge in [0, 0.05) is 136 Å². The summed E-state index contributed by atoms with van der Waals surface area (Å²) in [6.07, 6.45) is 46.6. The molecule has 0 saturated carbocycles. The minimum Gasteiger partial charge on any atom is -0.600 e. The smallest absolute Gasteiger partial charge is 0.226 e. The van der Waals surface area contributed by atoms with Crippen molar-refractivity contribution < 1.29 is 38.2 Å². The van der Waals surface area contributed by atoms with Gasteiger partial charge < -0.3 is 55.8 Å². The van der Waals surface area contributed by atoms with E-state index in [4.69, 9.17) is 10.1 Å². The second-order valence-electron chi connectivity index (χ2n) is 33.3. The van der Waals surface area contributed by atoms with Gasteiger partial charge in [-0.25, -0.2) is 0 Å². The Balaban J connectivity index is 0.000000351. The Morgan fingerprint density at radius 3 is 0.957 bits per heavy atom. The van der Waals surface area contributed by atoms with Crippen molar-refractivity contribution in [3.63, 3.8) is 0 Å². The summed E-state index contributed by atoms with van der Waals surface area (Å²) in [5, 5.41) is 38.5. The molecule has 0 radical (unpaired) electrons. The molecule has 1 aliphatic carbocycles. The summed E-state index contributed by atoms with van der Waals surface area (Å²) in [6, 6.07) is 67.9. The first kappa shape index (κ1) is 119. The van der Waals surface area contributed by atoms with E-state index in [2.05, 4.69) is 388 Å². The summed E-state index contributed by atoms with van der Waals surface area (Å²) >= 11 is 0. The van der Waals surface area contributed by atoms with Gasteiger partial charge in [-0.15, -0.1) is 0 Å². The maximum Gasteiger partial charge on any atom is 0.226 e. The first-order chi connectivity index (χ1) is 65.6. The lowest BCUT2D eigenvalue weighted by Crippen LogP contribution is -2.30. The van der Waals surface area contributed by atoms with Crippen LogP contribution in [-0.4, -0.2) is 161 Å². The lowest BCUT2D eigenvalue weighted by Gasteiger charge is -2.27. The molecule has 15 nitrogen and oxygen atoms in total. The third-order valence-electron chi connectivity index (χ3n) is 24.3. The number of fused-ring (bicyclic) bond motifs is 15. The zero-order chi connectivity index (χ0) is 99.7. The van der Waals surface area contributed by atoms with E-state index in [9.17, 15) is 24.3 Å². The normalized spacial score (nSPS) is 14.9. The molecule has 5 N–H and O–H groups in total. The number of allylic oxidation sites excluding steroid dienone is 16. The number of carbonyl (C=O) groups excluding carboxylic acids is 4. The number of anilines is 2. The average molecular weight is 2010 g/mol. The van der Waals surface area contributed by atoms with Crippen LogP contribution in [0.3, 0.4) is 0 Å². The van der Waals surface area contributed by atoms with Crippen molar-refractivity contribution in [3.05, 3.63) is 339 Å². The molecule has 0 bridgehead atoms. The van der Waals surface area contributed by atoms with Crippen molar-refractivity contribution in [3.8, 4) is 11.1 Å². The number of nitrogens with zero attached hydrogens (tertiary/aromatic N) is 4. The fourth-order valence-electron chi connectivity index (χ4n) is 18.0. The summed E-state index contributed by atoms with van der Waals surface area (Å²) < 4.78 is 9.48. The first-order valence-electron chi connectivity index (χ1n) is 46.2. The highest BCUT2D eigenvalue weighted by Crippen LogP contribution is 2.54. The van der Waals surface area contributed by atoms with Gasteiger partial charge in [0.15, 0.2) is 24.5 Å². The van der Waals surface area contributed by atoms with Crippen LogP contribution in [0.1, 0.15) is 148 Å². The summed E-state index contributed by atoms with van der Waals surface area (Å²) in [5.41, 5.74) is 18.3. The lowest BCUT2D eigenvalue weighted by molar-refractivity contribution is -0.436. The fourth-order valence-corrected chi connectivity index (χ4v) is 18.0. The zero-order valence-corrected chi connectivity index (χ0v) is 92.5. The van der Waals surface area contributed by atoms with E-state index in [0.29, 0.717) is 51.9 Å². The largest absolute Gasteiger partial charge is 0.600 e. The summed E-state index contributed by atoms with van der Waals surface area (Å²) in [6.45, 7) is 28.8. The van der Waals surface area contributed by atoms with Crippen molar-refractivity contribution in [1.82, 2.24) is 21.3 Å². The highest BCUT2D eigenvalue weighted by molar-refractivity contribution is 8.77. The lowest BCUT2D eigenvalue weighted by atomic mass is 9.79. The van der Waals surface area contributed by atoms with Gasteiger partial charge in [0.05, 0.1) is 23.7 Å². The predicted octanol–water partition coefficient (Wildman–Crippen LogP) is 27.6. The number of rotatable bonds is 26. The third kappa shape index (κ3) is 29.8. The van der Waals surface area contributed by atoms with Gasteiger partial charge in [0.2, 0.25) is 35.0 Å². The molecular weight excluding hydrogens is 1860 g/mol. The Morgan fingerprint density at radius 1 is 0.370 bits per heavy atom. The Kier molecular flexibility index (Phi) is 51.2. The molecule has 4 amide bonds. The molecular formula is C115H148N9O6S8-. The van der Waals surface area contributed by atoms with E-state index < -0.39 is 6.08 Å². The number of hydrogen-bond acceptors (Lipinski definition) is 17. The molecule has 0 spiro atoms. The quantitative estimate of drug-likeness (QED) is 0.00860. The number of amides is 4. The van der Waals surface area contributed by atoms with Gasteiger partial charge in [-0.05, 0) is 191 Å². The number of ether oxygens (including phenoxy) is 1.